The van der Waals surface area contributed by atoms with E-state index in [4.69, 9.17) is 15.0 Å². The fourth-order valence-electron chi connectivity index (χ4n) is 8.59. The quantitative estimate of drug-likeness (QED) is 0.176. The molecule has 0 N–H and O–H groups in total. The van der Waals surface area contributed by atoms with Gasteiger partial charge in [-0.25, -0.2) is 4.98 Å². The smallest absolute Gasteiger partial charge is 0.238 e. The molecule has 0 amide bonds. The Morgan fingerprint density at radius 1 is 0.333 bits per heavy atom. The first kappa shape index (κ1) is 31.9. The molecule has 0 unspecified atom stereocenters. The molecular weight excluding hydrogens is 715 g/mol. The Hall–Kier alpha value is -7.41. The van der Waals surface area contributed by atoms with E-state index in [1.807, 2.05) is 18.2 Å². The largest absolute Gasteiger partial charge is 0.307 e. The molecule has 0 spiro atoms. The number of nitrogens with zero attached hydrogens (tertiary/aromatic N) is 5. The minimum Gasteiger partial charge on any atom is -0.307 e. The monoisotopic (exact) mass is 745 g/mol. The van der Waals surface area contributed by atoms with Crippen molar-refractivity contribution in [2.45, 2.75) is 0 Å². The van der Waals surface area contributed by atoms with Gasteiger partial charge in [0.1, 0.15) is 0 Å². The molecule has 5 nitrogen and oxygen atoms in total. The summed E-state index contributed by atoms with van der Waals surface area (Å²) in [5.41, 5.74) is 9.68. The van der Waals surface area contributed by atoms with Gasteiger partial charge in [-0.3, -0.25) is 4.57 Å². The number of hydrogen-bond acceptors (Lipinski definition) is 4. The summed E-state index contributed by atoms with van der Waals surface area (Å²) in [5, 5.41) is 7.15. The molecule has 0 bridgehead atoms. The van der Waals surface area contributed by atoms with Crippen LogP contribution in [0.3, 0.4) is 0 Å². The molecule has 0 saturated carbocycles. The van der Waals surface area contributed by atoms with Crippen molar-refractivity contribution in [2.75, 3.05) is 0 Å². The summed E-state index contributed by atoms with van der Waals surface area (Å²) in [5.74, 6) is 1.83. The van der Waals surface area contributed by atoms with E-state index in [1.165, 1.54) is 42.1 Å². The number of fused-ring (bicyclic) bond motifs is 10. The molecule has 0 saturated heterocycles. The molecule has 8 aromatic carbocycles. The Morgan fingerprint density at radius 3 is 1.53 bits per heavy atom. The molecule has 12 aromatic rings. The third kappa shape index (κ3) is 4.98. The zero-order valence-electron chi connectivity index (χ0n) is 30.5. The van der Waals surface area contributed by atoms with Crippen molar-refractivity contribution < 1.29 is 0 Å². The van der Waals surface area contributed by atoms with E-state index in [0.29, 0.717) is 17.6 Å². The topological polar surface area (TPSA) is 48.5 Å². The minimum absolute atomic E-state index is 0.574. The average Bonchev–Trinajstić information content (AvgIpc) is 3.94. The summed E-state index contributed by atoms with van der Waals surface area (Å²) < 4.78 is 7.15. The fraction of sp³-hybridized carbons (Fsp3) is 0. The van der Waals surface area contributed by atoms with Crippen LogP contribution in [0.25, 0.3) is 109 Å². The Morgan fingerprint density at radius 2 is 0.825 bits per heavy atom. The lowest BCUT2D eigenvalue weighted by Crippen LogP contribution is -2.07. The lowest BCUT2D eigenvalue weighted by atomic mass is 10.1. The molecule has 0 fully saturated rings. The van der Waals surface area contributed by atoms with Crippen LogP contribution < -0.4 is 0 Å². The lowest BCUT2D eigenvalue weighted by molar-refractivity contribution is 0.953. The van der Waals surface area contributed by atoms with Crippen molar-refractivity contribution in [3.63, 3.8) is 0 Å². The van der Waals surface area contributed by atoms with Gasteiger partial charge in [-0.05, 0) is 47.5 Å². The van der Waals surface area contributed by atoms with Gasteiger partial charge >= 0.3 is 0 Å². The van der Waals surface area contributed by atoms with Gasteiger partial charge in [0.25, 0.3) is 0 Å². The maximum absolute atomic E-state index is 5.38. The van der Waals surface area contributed by atoms with Gasteiger partial charge < -0.3 is 4.57 Å². The predicted molar refractivity (Wildman–Crippen MR) is 238 cm³/mol. The standard InChI is InChI=1S/C51H31N5S/c1-3-13-32(14-4-1)33-23-26-36(27-24-33)55-43-20-10-7-17-37(43)41-29-30-42-38-18-8-11-21-44(38)56(48(42)47(41)55)51-53-49(34-15-5-2-6-16-34)52-50(54-51)35-25-28-40-39-19-9-12-22-45(39)57-46(40)31-35/h1-31H. The van der Waals surface area contributed by atoms with E-state index >= 15 is 0 Å². The molecule has 0 aliphatic carbocycles. The van der Waals surface area contributed by atoms with Crippen molar-refractivity contribution >= 4 is 75.1 Å². The Labute approximate surface area is 331 Å². The van der Waals surface area contributed by atoms with Crippen LogP contribution in [0.1, 0.15) is 0 Å². The SMILES string of the molecule is c1ccc(-c2ccc(-n3c4ccccc4c4ccc5c6ccccc6n(-c6nc(-c7ccccc7)nc(-c7ccc8c(c7)sc7ccccc78)n6)c5c43)cc2)cc1. The Balaban J connectivity index is 1.17. The third-order valence-electron chi connectivity index (χ3n) is 11.2. The highest BCUT2D eigenvalue weighted by atomic mass is 32.1. The van der Waals surface area contributed by atoms with Gasteiger partial charge in [0.2, 0.25) is 5.95 Å². The van der Waals surface area contributed by atoms with Crippen molar-refractivity contribution in [2.24, 2.45) is 0 Å². The van der Waals surface area contributed by atoms with E-state index in [-0.39, 0.29) is 0 Å². The Kier molecular flexibility index (Phi) is 7.03. The number of thiophene rings is 1. The van der Waals surface area contributed by atoms with Gasteiger partial charge in [0.15, 0.2) is 11.6 Å². The molecule has 57 heavy (non-hydrogen) atoms. The van der Waals surface area contributed by atoms with E-state index < -0.39 is 0 Å². The fourth-order valence-corrected chi connectivity index (χ4v) is 9.73. The zero-order chi connectivity index (χ0) is 37.5. The summed E-state index contributed by atoms with van der Waals surface area (Å²) in [4.78, 5) is 15.9. The second-order valence-electron chi connectivity index (χ2n) is 14.4. The van der Waals surface area contributed by atoms with E-state index in [9.17, 15) is 0 Å². The van der Waals surface area contributed by atoms with Crippen molar-refractivity contribution in [1.29, 1.82) is 0 Å². The molecule has 12 rings (SSSR count). The molecule has 4 aromatic heterocycles. The third-order valence-corrected chi connectivity index (χ3v) is 12.3. The molecule has 266 valence electrons. The Bertz CT molecular complexity index is 3510. The van der Waals surface area contributed by atoms with Gasteiger partial charge in [-0.15, -0.1) is 11.3 Å². The van der Waals surface area contributed by atoms with Gasteiger partial charge in [-0.1, -0.05) is 152 Å². The lowest BCUT2D eigenvalue weighted by Gasteiger charge is -2.13. The molecule has 0 aliphatic rings. The summed E-state index contributed by atoms with van der Waals surface area (Å²) in [6.45, 7) is 0. The molecule has 0 radical (unpaired) electrons. The van der Waals surface area contributed by atoms with Crippen LogP contribution in [0.5, 0.6) is 0 Å². The van der Waals surface area contributed by atoms with E-state index in [1.54, 1.807) is 11.3 Å². The molecule has 0 atom stereocenters. The van der Waals surface area contributed by atoms with Crippen LogP contribution in [-0.2, 0) is 0 Å². The summed E-state index contributed by atoms with van der Waals surface area (Å²) in [7, 11) is 0. The molecule has 4 heterocycles. The molecule has 0 aliphatic heterocycles. The van der Waals surface area contributed by atoms with E-state index in [0.717, 1.165) is 49.7 Å². The van der Waals surface area contributed by atoms with Crippen molar-refractivity contribution in [3.8, 4) is 45.5 Å². The average molecular weight is 746 g/mol. The van der Waals surface area contributed by atoms with Crippen LogP contribution >= 0.6 is 11.3 Å². The van der Waals surface area contributed by atoms with Crippen LogP contribution in [0, 0.1) is 0 Å². The second kappa shape index (κ2) is 12.6. The molecule has 6 heteroatoms. The maximum atomic E-state index is 5.38. The van der Waals surface area contributed by atoms with Crippen LogP contribution in [0.15, 0.2) is 188 Å². The highest BCUT2D eigenvalue weighted by Gasteiger charge is 2.23. The van der Waals surface area contributed by atoms with Gasteiger partial charge in [0.05, 0.1) is 22.1 Å². The highest BCUT2D eigenvalue weighted by molar-refractivity contribution is 7.25. The predicted octanol–water partition coefficient (Wildman–Crippen LogP) is 13.4. The number of aromatic nitrogens is 5. The first-order valence-electron chi connectivity index (χ1n) is 19.1. The normalized spacial score (nSPS) is 11.9. The number of para-hydroxylation sites is 2. The first-order valence-corrected chi connectivity index (χ1v) is 19.9. The van der Waals surface area contributed by atoms with Gasteiger partial charge in [0, 0.05) is 58.5 Å². The number of hydrogen-bond donors (Lipinski definition) is 0. The number of benzene rings is 8. The zero-order valence-corrected chi connectivity index (χ0v) is 31.4. The summed E-state index contributed by atoms with van der Waals surface area (Å²) in [6, 6.07) is 66.7. The summed E-state index contributed by atoms with van der Waals surface area (Å²) in [6.07, 6.45) is 0. The summed E-state index contributed by atoms with van der Waals surface area (Å²) >= 11 is 1.80. The minimum atomic E-state index is 0.574. The number of rotatable bonds is 5. The van der Waals surface area contributed by atoms with Crippen LogP contribution in [-0.4, -0.2) is 24.1 Å². The second-order valence-corrected chi connectivity index (χ2v) is 15.5. The van der Waals surface area contributed by atoms with Crippen molar-refractivity contribution in [3.05, 3.63) is 188 Å². The van der Waals surface area contributed by atoms with Crippen molar-refractivity contribution in [1.82, 2.24) is 24.1 Å². The van der Waals surface area contributed by atoms with Crippen LogP contribution in [0.4, 0.5) is 0 Å². The maximum Gasteiger partial charge on any atom is 0.238 e. The highest BCUT2D eigenvalue weighted by Crippen LogP contribution is 2.42. The van der Waals surface area contributed by atoms with Gasteiger partial charge in [-0.2, -0.15) is 9.97 Å². The van der Waals surface area contributed by atoms with Crippen LogP contribution in [0.2, 0.25) is 0 Å². The molecular formula is C51H31N5S. The van der Waals surface area contributed by atoms with E-state index in [2.05, 4.69) is 179 Å². The first-order chi connectivity index (χ1) is 28.3.